The molecule has 0 unspecified atom stereocenters. The summed E-state index contributed by atoms with van der Waals surface area (Å²) < 4.78 is 82.9. The zero-order chi connectivity index (χ0) is 28.7. The number of hydrogen-bond donors (Lipinski definition) is 0. The second kappa shape index (κ2) is 11.2. The maximum Gasteiger partial charge on any atom is 0.418 e. The van der Waals surface area contributed by atoms with Gasteiger partial charge in [0.15, 0.2) is 0 Å². The number of carbonyl (C=O) groups is 1. The van der Waals surface area contributed by atoms with E-state index in [4.69, 9.17) is 0 Å². The molecule has 1 atom stereocenters. The molecule has 0 radical (unpaired) electrons. The summed E-state index contributed by atoms with van der Waals surface area (Å²) in [7, 11) is -3.92. The number of piperazine rings is 1. The third-order valence-corrected chi connectivity index (χ3v) is 10.2. The van der Waals surface area contributed by atoms with Crippen molar-refractivity contribution in [2.75, 3.05) is 55.6 Å². The van der Waals surface area contributed by atoms with Crippen LogP contribution in [0.5, 0.6) is 0 Å². The minimum Gasteiger partial charge on any atom is -0.371 e. The van der Waals surface area contributed by atoms with Crippen molar-refractivity contribution in [3.8, 4) is 0 Å². The highest BCUT2D eigenvalue weighted by Crippen LogP contribution is 2.38. The lowest BCUT2D eigenvalue weighted by Crippen LogP contribution is -2.54. The Morgan fingerprint density at radius 3 is 2.25 bits per heavy atom. The number of sulfonamides is 1. The van der Waals surface area contributed by atoms with Gasteiger partial charge < -0.3 is 14.7 Å². The Morgan fingerprint density at radius 2 is 1.60 bits per heavy atom. The van der Waals surface area contributed by atoms with E-state index in [1.165, 1.54) is 15.3 Å². The molecule has 3 aliphatic rings. The smallest absolute Gasteiger partial charge is 0.371 e. The van der Waals surface area contributed by atoms with Crippen LogP contribution in [-0.2, 0) is 21.0 Å². The largest absolute Gasteiger partial charge is 0.418 e. The predicted molar refractivity (Wildman–Crippen MR) is 144 cm³/mol. The molecule has 1 amide bonds. The number of carbonyl (C=O) groups excluding carboxylic acids is 1. The molecular weight excluding hydrogens is 548 g/mol. The maximum absolute atomic E-state index is 13.6. The quantitative estimate of drug-likeness (QED) is 0.483. The summed E-state index contributed by atoms with van der Waals surface area (Å²) in [6, 6.07) is 8.66. The molecule has 218 valence electrons. The van der Waals surface area contributed by atoms with Crippen molar-refractivity contribution >= 4 is 27.3 Å². The summed E-state index contributed by atoms with van der Waals surface area (Å²) in [5.41, 5.74) is -0.471. The molecular formula is C28H34F4N4O3S. The Labute approximate surface area is 232 Å². The van der Waals surface area contributed by atoms with E-state index in [0.717, 1.165) is 43.8 Å². The molecule has 0 N–H and O–H groups in total. The van der Waals surface area contributed by atoms with Crippen molar-refractivity contribution in [3.05, 3.63) is 53.8 Å². The molecule has 0 aliphatic carbocycles. The van der Waals surface area contributed by atoms with Crippen LogP contribution >= 0.6 is 0 Å². The van der Waals surface area contributed by atoms with Crippen LogP contribution in [0.1, 0.15) is 38.2 Å². The van der Waals surface area contributed by atoms with Crippen molar-refractivity contribution in [1.82, 2.24) is 9.21 Å². The number of nitrogens with zero attached hydrogens (tertiary/aromatic N) is 4. The van der Waals surface area contributed by atoms with Gasteiger partial charge in [-0.05, 0) is 69.0 Å². The van der Waals surface area contributed by atoms with Gasteiger partial charge in [-0.2, -0.15) is 17.5 Å². The molecule has 40 heavy (non-hydrogen) atoms. The van der Waals surface area contributed by atoms with Gasteiger partial charge in [-0.25, -0.2) is 12.8 Å². The molecule has 0 aromatic heterocycles. The standard InChI is InChI=1S/C28H34F4N4O3S/c1-20-19-35(26-8-7-22(29)17-25(26)28(30,31)32)15-16-36(20)40(38,39)24-6-4-5-23(18-24)33-13-9-21(10-14-33)27(37)34-11-2-3-12-34/h4-8,17-18,20-21H,2-3,9-16,19H2,1H3/t20-/m1/s1. The SMILES string of the molecule is C[C@@H]1CN(c2ccc(F)cc2C(F)(F)F)CCN1S(=O)(=O)c1cccc(N2CCC(C(=O)N3CCCC3)CC2)c1. The first-order valence-corrected chi connectivity index (χ1v) is 15.2. The Bertz CT molecular complexity index is 1340. The van der Waals surface area contributed by atoms with Gasteiger partial charge in [0.05, 0.1) is 10.5 Å². The molecule has 3 heterocycles. The number of likely N-dealkylation sites (tertiary alicyclic amines) is 1. The van der Waals surface area contributed by atoms with Crippen LogP contribution < -0.4 is 9.80 Å². The minimum atomic E-state index is -4.74. The van der Waals surface area contributed by atoms with E-state index >= 15 is 0 Å². The predicted octanol–water partition coefficient (Wildman–Crippen LogP) is 4.58. The topological polar surface area (TPSA) is 64.2 Å². The van der Waals surface area contributed by atoms with E-state index in [2.05, 4.69) is 4.90 Å². The Kier molecular flexibility index (Phi) is 8.02. The van der Waals surface area contributed by atoms with Gasteiger partial charge in [0.1, 0.15) is 5.82 Å². The Morgan fingerprint density at radius 1 is 0.900 bits per heavy atom. The minimum absolute atomic E-state index is 0.00243. The van der Waals surface area contributed by atoms with E-state index in [-0.39, 0.29) is 42.0 Å². The zero-order valence-corrected chi connectivity index (χ0v) is 23.2. The molecule has 7 nitrogen and oxygen atoms in total. The lowest BCUT2D eigenvalue weighted by molar-refractivity contribution is -0.137. The number of halogens is 4. The number of piperidine rings is 1. The van der Waals surface area contributed by atoms with Crippen LogP contribution in [0.3, 0.4) is 0 Å². The molecule has 5 rings (SSSR count). The normalized spacial score (nSPS) is 21.7. The van der Waals surface area contributed by atoms with E-state index < -0.39 is 33.6 Å². The fourth-order valence-electron chi connectivity index (χ4n) is 6.08. The number of alkyl halides is 3. The van der Waals surface area contributed by atoms with Crippen molar-refractivity contribution in [2.45, 2.75) is 49.7 Å². The number of benzene rings is 2. The van der Waals surface area contributed by atoms with Crippen molar-refractivity contribution < 1.29 is 30.8 Å². The second-order valence-corrected chi connectivity index (χ2v) is 12.8. The van der Waals surface area contributed by atoms with E-state index in [1.54, 1.807) is 19.1 Å². The second-order valence-electron chi connectivity index (χ2n) is 10.9. The average molecular weight is 583 g/mol. The number of amides is 1. The molecule has 2 aromatic carbocycles. The molecule has 3 fully saturated rings. The lowest BCUT2D eigenvalue weighted by Gasteiger charge is -2.41. The lowest BCUT2D eigenvalue weighted by atomic mass is 9.95. The average Bonchev–Trinajstić information content (AvgIpc) is 3.47. The third kappa shape index (κ3) is 5.79. The maximum atomic E-state index is 13.6. The Hall–Kier alpha value is -2.86. The highest BCUT2D eigenvalue weighted by molar-refractivity contribution is 7.89. The molecule has 0 spiro atoms. The van der Waals surface area contributed by atoms with Gasteiger partial charge in [0, 0.05) is 69.1 Å². The van der Waals surface area contributed by atoms with Gasteiger partial charge in [0.25, 0.3) is 0 Å². The third-order valence-electron chi connectivity index (χ3n) is 8.22. The highest BCUT2D eigenvalue weighted by Gasteiger charge is 2.39. The summed E-state index contributed by atoms with van der Waals surface area (Å²) in [5.74, 6) is -0.755. The fourth-order valence-corrected chi connectivity index (χ4v) is 7.74. The first kappa shape index (κ1) is 28.7. The van der Waals surface area contributed by atoms with Crippen molar-refractivity contribution in [1.29, 1.82) is 0 Å². The van der Waals surface area contributed by atoms with E-state index in [0.29, 0.717) is 32.0 Å². The summed E-state index contributed by atoms with van der Waals surface area (Å²) >= 11 is 0. The van der Waals surface area contributed by atoms with Gasteiger partial charge in [-0.15, -0.1) is 0 Å². The summed E-state index contributed by atoms with van der Waals surface area (Å²) in [6.45, 7) is 4.70. The molecule has 0 bridgehead atoms. The molecule has 3 saturated heterocycles. The number of rotatable bonds is 5. The van der Waals surface area contributed by atoms with Crippen LogP contribution in [0, 0.1) is 11.7 Å². The zero-order valence-electron chi connectivity index (χ0n) is 22.4. The van der Waals surface area contributed by atoms with Crippen molar-refractivity contribution in [3.63, 3.8) is 0 Å². The fraction of sp³-hybridized carbons (Fsp3) is 0.536. The number of hydrogen-bond acceptors (Lipinski definition) is 5. The van der Waals surface area contributed by atoms with Crippen LogP contribution in [0.2, 0.25) is 0 Å². The van der Waals surface area contributed by atoms with Crippen molar-refractivity contribution in [2.24, 2.45) is 5.92 Å². The molecule has 0 saturated carbocycles. The monoisotopic (exact) mass is 582 g/mol. The summed E-state index contributed by atoms with van der Waals surface area (Å²) in [6.07, 6.45) is -1.19. The van der Waals surface area contributed by atoms with Crippen LogP contribution in [0.4, 0.5) is 28.9 Å². The molecule has 3 aliphatic heterocycles. The van der Waals surface area contributed by atoms with E-state index in [9.17, 15) is 30.8 Å². The van der Waals surface area contributed by atoms with Crippen LogP contribution in [-0.4, -0.2) is 75.4 Å². The molecule has 12 heteroatoms. The first-order chi connectivity index (χ1) is 18.9. The summed E-state index contributed by atoms with van der Waals surface area (Å²) in [4.78, 5) is 18.4. The first-order valence-electron chi connectivity index (χ1n) is 13.7. The summed E-state index contributed by atoms with van der Waals surface area (Å²) in [5, 5.41) is 0. The Balaban J connectivity index is 1.26. The molecule has 2 aromatic rings. The van der Waals surface area contributed by atoms with Gasteiger partial charge in [-0.1, -0.05) is 6.07 Å². The number of anilines is 2. The van der Waals surface area contributed by atoms with Crippen LogP contribution in [0.25, 0.3) is 0 Å². The highest BCUT2D eigenvalue weighted by atomic mass is 32.2. The van der Waals surface area contributed by atoms with Crippen LogP contribution in [0.15, 0.2) is 47.4 Å². The van der Waals surface area contributed by atoms with E-state index in [1.807, 2.05) is 11.0 Å². The van der Waals surface area contributed by atoms with Gasteiger partial charge in [-0.3, -0.25) is 4.79 Å². The van der Waals surface area contributed by atoms with Gasteiger partial charge >= 0.3 is 6.18 Å². The van der Waals surface area contributed by atoms with Gasteiger partial charge in [0.2, 0.25) is 15.9 Å².